The highest BCUT2D eigenvalue weighted by Crippen LogP contribution is 2.33. The van der Waals surface area contributed by atoms with E-state index >= 15 is 0 Å². The Hall–Kier alpha value is -0.970. The lowest BCUT2D eigenvalue weighted by Gasteiger charge is -2.26. The summed E-state index contributed by atoms with van der Waals surface area (Å²) in [4.78, 5) is 11.2. The van der Waals surface area contributed by atoms with Gasteiger partial charge in [-0.15, -0.1) is 12.4 Å². The topological polar surface area (TPSA) is 28.0 Å². The van der Waals surface area contributed by atoms with Gasteiger partial charge < -0.3 is 4.90 Å². The Morgan fingerprint density at radius 3 is 2.68 bits per heavy atom. The summed E-state index contributed by atoms with van der Waals surface area (Å²) in [5, 5.41) is 1.46. The average Bonchev–Trinajstić information content (AvgIpc) is 2.87. The van der Waals surface area contributed by atoms with E-state index in [4.69, 9.17) is 11.6 Å². The molecule has 1 aromatic rings. The van der Waals surface area contributed by atoms with Crippen molar-refractivity contribution in [2.75, 3.05) is 19.3 Å². The number of fused-ring (bicyclic) bond motifs is 1. The minimum Gasteiger partial charge on any atom is -0.303 e. The quantitative estimate of drug-likeness (QED) is 0.743. The molecule has 2 aliphatic heterocycles. The minimum atomic E-state index is 0. The van der Waals surface area contributed by atoms with E-state index in [1.165, 1.54) is 0 Å². The number of nitrogens with zero attached hydrogens (tertiary/aromatic N) is 3. The molecule has 0 N–H and O–H groups in total. The molecule has 1 aromatic carbocycles. The molecule has 0 saturated heterocycles. The van der Waals surface area contributed by atoms with Crippen LogP contribution in [0.4, 0.5) is 0 Å². The van der Waals surface area contributed by atoms with Gasteiger partial charge in [-0.2, -0.15) is 0 Å². The summed E-state index contributed by atoms with van der Waals surface area (Å²) in [6, 6.07) is 10.1. The summed E-state index contributed by atoms with van der Waals surface area (Å²) >= 11 is 7.93. The van der Waals surface area contributed by atoms with Crippen LogP contribution in [-0.4, -0.2) is 35.2 Å². The Kier molecular flexibility index (Phi) is 4.55. The van der Waals surface area contributed by atoms with Crippen LogP contribution in [0, 0.1) is 0 Å². The second-order valence-corrected chi connectivity index (χ2v) is 5.12. The van der Waals surface area contributed by atoms with Crippen molar-refractivity contribution in [2.24, 2.45) is 9.98 Å². The van der Waals surface area contributed by atoms with E-state index in [9.17, 15) is 0 Å². The molecule has 0 saturated carbocycles. The Bertz CT molecular complexity index is 567. The molecule has 0 fully saturated rings. The number of hydrogen-bond donors (Lipinski definition) is 0. The third kappa shape index (κ3) is 2.53. The summed E-state index contributed by atoms with van der Waals surface area (Å²) in [7, 11) is 0. The molecule has 0 spiro atoms. The summed E-state index contributed by atoms with van der Waals surface area (Å²) < 4.78 is 0. The highest BCUT2D eigenvalue weighted by molar-refractivity contribution is 8.13. The summed E-state index contributed by atoms with van der Waals surface area (Å²) in [6.07, 6.45) is 2.01. The Balaban J connectivity index is 0.00000133. The van der Waals surface area contributed by atoms with Gasteiger partial charge in [0.25, 0.3) is 0 Å². The Morgan fingerprint density at radius 1 is 1.26 bits per heavy atom. The van der Waals surface area contributed by atoms with Gasteiger partial charge in [0.1, 0.15) is 11.0 Å². The maximum atomic E-state index is 6.33. The van der Waals surface area contributed by atoms with Crippen LogP contribution in [0.15, 0.2) is 45.5 Å². The summed E-state index contributed by atoms with van der Waals surface area (Å²) in [6.45, 7) is 1.69. The fourth-order valence-electron chi connectivity index (χ4n) is 2.15. The molecule has 2 heterocycles. The van der Waals surface area contributed by atoms with Crippen molar-refractivity contribution in [1.29, 1.82) is 0 Å². The van der Waals surface area contributed by atoms with Crippen molar-refractivity contribution in [2.45, 2.75) is 0 Å². The van der Waals surface area contributed by atoms with Gasteiger partial charge in [0.2, 0.25) is 0 Å². The van der Waals surface area contributed by atoms with Gasteiger partial charge in [-0.05, 0) is 11.8 Å². The molecule has 0 aromatic heterocycles. The van der Waals surface area contributed by atoms with Crippen LogP contribution < -0.4 is 0 Å². The molecule has 0 radical (unpaired) electrons. The molecule has 0 bridgehead atoms. The zero-order valence-corrected chi connectivity index (χ0v) is 12.7. The van der Waals surface area contributed by atoms with E-state index in [0.29, 0.717) is 5.16 Å². The molecular formula is C13H13Cl2N3S. The largest absolute Gasteiger partial charge is 0.303 e. The fourth-order valence-corrected chi connectivity index (χ4v) is 3.05. The number of halogens is 2. The first-order chi connectivity index (χ1) is 8.81. The second kappa shape index (κ2) is 5.99. The average molecular weight is 314 g/mol. The van der Waals surface area contributed by atoms with E-state index in [1.807, 2.05) is 36.6 Å². The van der Waals surface area contributed by atoms with Gasteiger partial charge in [0.15, 0.2) is 5.17 Å². The molecule has 0 atom stereocenters. The first-order valence-electron chi connectivity index (χ1n) is 5.71. The molecule has 6 heteroatoms. The number of rotatable bonds is 1. The van der Waals surface area contributed by atoms with Crippen LogP contribution in [0.2, 0.25) is 0 Å². The zero-order chi connectivity index (χ0) is 12.5. The molecule has 3 nitrogen and oxygen atoms in total. The van der Waals surface area contributed by atoms with Crippen LogP contribution in [0.25, 0.3) is 5.57 Å². The van der Waals surface area contributed by atoms with Crippen molar-refractivity contribution < 1.29 is 0 Å². The van der Waals surface area contributed by atoms with Gasteiger partial charge >= 0.3 is 0 Å². The van der Waals surface area contributed by atoms with E-state index in [-0.39, 0.29) is 12.4 Å². The minimum absolute atomic E-state index is 0. The van der Waals surface area contributed by atoms with E-state index in [1.54, 1.807) is 11.8 Å². The molecule has 3 rings (SSSR count). The zero-order valence-electron chi connectivity index (χ0n) is 10.3. The Labute approximate surface area is 127 Å². The molecule has 100 valence electrons. The maximum Gasteiger partial charge on any atom is 0.170 e. The van der Waals surface area contributed by atoms with E-state index in [2.05, 4.69) is 14.9 Å². The smallest absolute Gasteiger partial charge is 0.170 e. The van der Waals surface area contributed by atoms with Crippen LogP contribution >= 0.6 is 35.8 Å². The lowest BCUT2D eigenvalue weighted by Crippen LogP contribution is -2.35. The van der Waals surface area contributed by atoms with Gasteiger partial charge in [-0.3, -0.25) is 4.99 Å². The first kappa shape index (κ1) is 14.4. The van der Waals surface area contributed by atoms with E-state index < -0.39 is 0 Å². The molecule has 0 amide bonds. The van der Waals surface area contributed by atoms with Gasteiger partial charge in [-0.1, -0.05) is 53.7 Å². The highest BCUT2D eigenvalue weighted by atomic mass is 35.5. The third-order valence-electron chi connectivity index (χ3n) is 2.94. The third-order valence-corrected chi connectivity index (χ3v) is 3.89. The van der Waals surface area contributed by atoms with Gasteiger partial charge in [0.05, 0.1) is 12.1 Å². The number of hydrogen-bond acceptors (Lipinski definition) is 4. The van der Waals surface area contributed by atoms with Crippen LogP contribution in [0.1, 0.15) is 5.56 Å². The number of amidine groups is 2. The molecule has 0 unspecified atom stereocenters. The van der Waals surface area contributed by atoms with Crippen molar-refractivity contribution in [3.63, 3.8) is 0 Å². The van der Waals surface area contributed by atoms with Gasteiger partial charge in [0, 0.05) is 6.54 Å². The predicted octanol–water partition coefficient (Wildman–Crippen LogP) is 3.46. The number of thioether (sulfide) groups is 1. The fraction of sp³-hybridized carbons (Fsp3) is 0.231. The molecule has 2 aliphatic rings. The molecule has 19 heavy (non-hydrogen) atoms. The lowest BCUT2D eigenvalue weighted by atomic mass is 10.1. The summed E-state index contributed by atoms with van der Waals surface area (Å²) in [5.74, 6) is 0.950. The molecule has 0 aliphatic carbocycles. The summed E-state index contributed by atoms with van der Waals surface area (Å²) in [5.41, 5.74) is 2.00. The lowest BCUT2D eigenvalue weighted by molar-refractivity contribution is 0.678. The highest BCUT2D eigenvalue weighted by Gasteiger charge is 2.31. The molecular weight excluding hydrogens is 301 g/mol. The number of benzene rings is 1. The standard InChI is InChI=1S/C13H12ClN3S.ClH/c1-18-13-16-11(14)10(9-5-3-2-4-6-9)12-15-7-8-17(12)13;/h2-6H,7-8H2,1H3;1H. The van der Waals surface area contributed by atoms with Crippen LogP contribution in [-0.2, 0) is 0 Å². The normalized spacial score (nSPS) is 17.7. The Morgan fingerprint density at radius 2 is 2.00 bits per heavy atom. The van der Waals surface area contributed by atoms with Crippen molar-refractivity contribution in [3.05, 3.63) is 41.1 Å². The number of aliphatic imine (C=N–C) groups is 2. The van der Waals surface area contributed by atoms with E-state index in [0.717, 1.165) is 35.2 Å². The van der Waals surface area contributed by atoms with Crippen molar-refractivity contribution >= 4 is 52.3 Å². The monoisotopic (exact) mass is 313 g/mol. The van der Waals surface area contributed by atoms with Crippen molar-refractivity contribution in [1.82, 2.24) is 4.90 Å². The van der Waals surface area contributed by atoms with Gasteiger partial charge in [-0.25, -0.2) is 4.99 Å². The first-order valence-corrected chi connectivity index (χ1v) is 7.32. The van der Waals surface area contributed by atoms with Crippen molar-refractivity contribution in [3.8, 4) is 0 Å². The van der Waals surface area contributed by atoms with Crippen LogP contribution in [0.5, 0.6) is 0 Å². The maximum absolute atomic E-state index is 6.33. The van der Waals surface area contributed by atoms with Crippen LogP contribution in [0.3, 0.4) is 0 Å². The SMILES string of the molecule is CSC1=NC(Cl)=C(c2ccccc2)C2=NCCN12.Cl. The second-order valence-electron chi connectivity index (χ2n) is 3.99. The predicted molar refractivity (Wildman–Crippen MR) is 86.4 cm³/mol.